The largest absolute Gasteiger partial charge is 0.439 e. The van der Waals surface area contributed by atoms with Gasteiger partial charge in [-0.1, -0.05) is 12.1 Å². The fraction of sp³-hybridized carbons (Fsp3) is 0.0400. The van der Waals surface area contributed by atoms with E-state index >= 15 is 0 Å². The van der Waals surface area contributed by atoms with Crippen molar-refractivity contribution in [2.75, 3.05) is 17.2 Å². The van der Waals surface area contributed by atoms with Crippen molar-refractivity contribution in [3.63, 3.8) is 0 Å². The molecule has 9 heteroatoms. The maximum atomic E-state index is 11.5. The third-order valence-electron chi connectivity index (χ3n) is 5.00. The first-order valence-corrected chi connectivity index (χ1v) is 10.6. The highest BCUT2D eigenvalue weighted by Gasteiger charge is 2.08. The molecule has 0 aliphatic carbocycles. The number of rotatable bonds is 7. The van der Waals surface area contributed by atoms with E-state index in [4.69, 9.17) is 10.5 Å². The van der Waals surface area contributed by atoms with Gasteiger partial charge in [-0.15, -0.1) is 0 Å². The fourth-order valence-electron chi connectivity index (χ4n) is 3.48. The van der Waals surface area contributed by atoms with Crippen LogP contribution < -0.4 is 21.1 Å². The van der Waals surface area contributed by atoms with Crippen molar-refractivity contribution in [1.82, 2.24) is 19.5 Å². The molecule has 2 aromatic carbocycles. The number of ether oxygens (including phenoxy) is 1. The molecule has 5 rings (SSSR count). The molecular formula is C25H21N7O2. The first-order valence-electron chi connectivity index (χ1n) is 10.6. The Hall–Kier alpha value is -4.76. The number of carbonyl (C=O) groups excluding carboxylic acids is 1. The third kappa shape index (κ3) is 4.69. The third-order valence-corrected chi connectivity index (χ3v) is 5.00. The molecule has 0 saturated heterocycles. The number of hydrogen-bond acceptors (Lipinski definition) is 7. The van der Waals surface area contributed by atoms with Gasteiger partial charge >= 0.3 is 0 Å². The Bertz CT molecular complexity index is 1450. The minimum Gasteiger partial charge on any atom is -0.439 e. The van der Waals surface area contributed by atoms with Gasteiger partial charge in [-0.3, -0.25) is 4.79 Å². The smallest absolute Gasteiger partial charge is 0.238 e. The molecule has 3 heterocycles. The summed E-state index contributed by atoms with van der Waals surface area (Å²) in [6.07, 6.45) is 5.36. The summed E-state index contributed by atoms with van der Waals surface area (Å²) in [6, 6.07) is 22.5. The van der Waals surface area contributed by atoms with E-state index in [1.54, 1.807) is 36.7 Å². The number of nitrogens with two attached hydrogens (primary N) is 1. The van der Waals surface area contributed by atoms with Gasteiger partial charge in [0.25, 0.3) is 0 Å². The number of benzene rings is 2. The zero-order chi connectivity index (χ0) is 23.3. The van der Waals surface area contributed by atoms with Crippen molar-refractivity contribution in [2.45, 2.75) is 0 Å². The topological polar surface area (TPSA) is 120 Å². The molecule has 5 aromatic rings. The second kappa shape index (κ2) is 9.39. The summed E-state index contributed by atoms with van der Waals surface area (Å²) < 4.78 is 8.01. The van der Waals surface area contributed by atoms with Gasteiger partial charge in [-0.05, 0) is 54.6 Å². The lowest BCUT2D eigenvalue weighted by Gasteiger charge is -2.10. The van der Waals surface area contributed by atoms with Crippen molar-refractivity contribution < 1.29 is 9.53 Å². The molecule has 1 amide bonds. The first-order chi connectivity index (χ1) is 16.7. The van der Waals surface area contributed by atoms with Crippen LogP contribution in [0.15, 0.2) is 91.4 Å². The number of fused-ring (bicyclic) bond motifs is 1. The minimum atomic E-state index is -0.267. The van der Waals surface area contributed by atoms with E-state index in [2.05, 4.69) is 25.6 Å². The molecular weight excluding hydrogens is 430 g/mol. The Morgan fingerprint density at radius 2 is 1.85 bits per heavy atom. The monoisotopic (exact) mass is 451 g/mol. The van der Waals surface area contributed by atoms with Crippen molar-refractivity contribution >= 4 is 34.1 Å². The quantitative estimate of drug-likeness (QED) is 0.338. The van der Waals surface area contributed by atoms with E-state index < -0.39 is 0 Å². The Kier molecular flexibility index (Phi) is 5.83. The Morgan fingerprint density at radius 1 is 0.941 bits per heavy atom. The van der Waals surface area contributed by atoms with E-state index in [0.717, 1.165) is 16.7 Å². The number of carbonyl (C=O) groups is 1. The van der Waals surface area contributed by atoms with Crippen LogP contribution in [0.4, 0.5) is 17.3 Å². The van der Waals surface area contributed by atoms with Gasteiger partial charge in [0.05, 0.1) is 12.1 Å². The number of anilines is 3. The van der Waals surface area contributed by atoms with Gasteiger partial charge in [0.2, 0.25) is 17.7 Å². The predicted octanol–water partition coefficient (Wildman–Crippen LogP) is 4.25. The van der Waals surface area contributed by atoms with Crippen LogP contribution in [0.2, 0.25) is 0 Å². The number of aromatic nitrogens is 4. The predicted molar refractivity (Wildman–Crippen MR) is 131 cm³/mol. The van der Waals surface area contributed by atoms with Crippen LogP contribution in [0.5, 0.6) is 11.6 Å². The zero-order valence-electron chi connectivity index (χ0n) is 18.1. The lowest BCUT2D eigenvalue weighted by atomic mass is 10.2. The zero-order valence-corrected chi connectivity index (χ0v) is 18.1. The molecule has 0 fully saturated rings. The summed E-state index contributed by atoms with van der Waals surface area (Å²) in [7, 11) is 0. The molecule has 4 N–H and O–H groups in total. The molecule has 0 radical (unpaired) electrons. The molecule has 9 nitrogen and oxygen atoms in total. The van der Waals surface area contributed by atoms with Crippen LogP contribution in [0.25, 0.3) is 16.7 Å². The number of nitrogens with one attached hydrogen (secondary N) is 2. The molecule has 3 aromatic heterocycles. The van der Waals surface area contributed by atoms with Gasteiger partial charge in [-0.2, -0.15) is 4.98 Å². The SMILES string of the molecule is NCC(=O)Nc1cccc(Nc2nccc(Oc3ccc4c(ccn4-c4ccccn4)c3)n2)c1. The van der Waals surface area contributed by atoms with Crippen LogP contribution in [0.1, 0.15) is 0 Å². The van der Waals surface area contributed by atoms with Crippen LogP contribution in [-0.2, 0) is 4.79 Å². The molecule has 168 valence electrons. The Balaban J connectivity index is 1.32. The van der Waals surface area contributed by atoms with Gasteiger partial charge < -0.3 is 25.7 Å². The van der Waals surface area contributed by atoms with E-state index in [1.807, 2.05) is 59.3 Å². The number of nitrogens with zero attached hydrogens (tertiary/aromatic N) is 4. The van der Waals surface area contributed by atoms with Gasteiger partial charge in [0, 0.05) is 41.4 Å². The average Bonchev–Trinajstić information content (AvgIpc) is 3.28. The molecule has 0 unspecified atom stereocenters. The standard InChI is InChI=1S/C25H21N7O2/c26-16-23(33)29-18-4-3-5-19(15-18)30-25-28-12-9-24(31-25)34-20-7-8-21-17(14-20)10-13-32(21)22-6-1-2-11-27-22/h1-15H,16,26H2,(H,29,33)(H,28,30,31). The molecule has 0 aliphatic rings. The van der Waals surface area contributed by atoms with E-state index in [-0.39, 0.29) is 12.5 Å². The molecule has 0 spiro atoms. The summed E-state index contributed by atoms with van der Waals surface area (Å²) in [4.78, 5) is 24.6. The van der Waals surface area contributed by atoms with Gasteiger partial charge in [0.15, 0.2) is 0 Å². The van der Waals surface area contributed by atoms with E-state index in [1.165, 1.54) is 0 Å². The number of amides is 1. The second-order valence-corrected chi connectivity index (χ2v) is 7.37. The van der Waals surface area contributed by atoms with E-state index in [0.29, 0.717) is 29.0 Å². The van der Waals surface area contributed by atoms with Crippen LogP contribution >= 0.6 is 0 Å². The maximum absolute atomic E-state index is 11.5. The number of hydrogen-bond donors (Lipinski definition) is 3. The van der Waals surface area contributed by atoms with E-state index in [9.17, 15) is 4.79 Å². The highest BCUT2D eigenvalue weighted by Crippen LogP contribution is 2.27. The van der Waals surface area contributed by atoms with Crippen LogP contribution in [0.3, 0.4) is 0 Å². The summed E-state index contributed by atoms with van der Waals surface area (Å²) in [6.45, 7) is -0.0835. The molecule has 0 saturated carbocycles. The number of pyridine rings is 1. The molecule has 0 atom stereocenters. The van der Waals surface area contributed by atoms with Gasteiger partial charge in [0.1, 0.15) is 11.6 Å². The van der Waals surface area contributed by atoms with Gasteiger partial charge in [-0.25, -0.2) is 9.97 Å². The lowest BCUT2D eigenvalue weighted by Crippen LogP contribution is -2.21. The molecule has 0 aliphatic heterocycles. The molecule has 0 bridgehead atoms. The second-order valence-electron chi connectivity index (χ2n) is 7.37. The van der Waals surface area contributed by atoms with Crippen LogP contribution in [-0.4, -0.2) is 32.0 Å². The summed E-state index contributed by atoms with van der Waals surface area (Å²) in [5.41, 5.74) is 7.72. The summed E-state index contributed by atoms with van der Waals surface area (Å²) in [5, 5.41) is 6.85. The highest BCUT2D eigenvalue weighted by atomic mass is 16.5. The van der Waals surface area contributed by atoms with Crippen molar-refractivity contribution in [2.24, 2.45) is 5.73 Å². The lowest BCUT2D eigenvalue weighted by molar-refractivity contribution is -0.114. The maximum Gasteiger partial charge on any atom is 0.238 e. The van der Waals surface area contributed by atoms with Crippen molar-refractivity contribution in [3.8, 4) is 17.4 Å². The summed E-state index contributed by atoms with van der Waals surface area (Å²) >= 11 is 0. The van der Waals surface area contributed by atoms with Crippen LogP contribution in [0, 0.1) is 0 Å². The Morgan fingerprint density at radius 3 is 2.71 bits per heavy atom. The summed E-state index contributed by atoms with van der Waals surface area (Å²) in [5.74, 6) is 2.00. The average molecular weight is 451 g/mol. The fourth-order valence-corrected chi connectivity index (χ4v) is 3.48. The molecule has 34 heavy (non-hydrogen) atoms. The Labute approximate surface area is 195 Å². The van der Waals surface area contributed by atoms with Crippen molar-refractivity contribution in [3.05, 3.63) is 91.4 Å². The first kappa shape index (κ1) is 21.1. The minimum absolute atomic E-state index is 0.0835. The van der Waals surface area contributed by atoms with Crippen molar-refractivity contribution in [1.29, 1.82) is 0 Å². The normalized spacial score (nSPS) is 10.7. The highest BCUT2D eigenvalue weighted by molar-refractivity contribution is 5.92.